The maximum Gasteiger partial charge on any atom is 0.254 e. The first-order chi connectivity index (χ1) is 16.0. The van der Waals surface area contributed by atoms with E-state index in [-0.39, 0.29) is 53.2 Å². The summed E-state index contributed by atoms with van der Waals surface area (Å²) in [7, 11) is -2.04. The summed E-state index contributed by atoms with van der Waals surface area (Å²) in [5.74, 6) is -2.49. The number of nitrogens with zero attached hydrogens (tertiary/aromatic N) is 3. The molecule has 180 valence electrons. The van der Waals surface area contributed by atoms with E-state index < -0.39 is 27.6 Å². The van der Waals surface area contributed by atoms with Crippen LogP contribution in [-0.2, 0) is 17.1 Å². The minimum Gasteiger partial charge on any atom is -0.492 e. The van der Waals surface area contributed by atoms with Gasteiger partial charge in [0.1, 0.15) is 27.8 Å². The molecule has 0 bridgehead atoms. The summed E-state index contributed by atoms with van der Waals surface area (Å²) >= 11 is 1.95. The van der Waals surface area contributed by atoms with Crippen LogP contribution >= 0.6 is 22.6 Å². The van der Waals surface area contributed by atoms with E-state index in [0.29, 0.717) is 3.57 Å². The van der Waals surface area contributed by atoms with Crippen LogP contribution in [0.5, 0.6) is 5.75 Å². The smallest absolute Gasteiger partial charge is 0.254 e. The van der Waals surface area contributed by atoms with Crippen LogP contribution in [0.15, 0.2) is 47.6 Å². The Bertz CT molecular complexity index is 1360. The third-order valence-corrected chi connectivity index (χ3v) is 7.69. The number of primary amides is 1. The second kappa shape index (κ2) is 9.46. The van der Waals surface area contributed by atoms with Gasteiger partial charge in [-0.25, -0.2) is 17.2 Å². The van der Waals surface area contributed by atoms with Gasteiger partial charge in [0.15, 0.2) is 0 Å². The summed E-state index contributed by atoms with van der Waals surface area (Å²) in [4.78, 5) is 12.2. The van der Waals surface area contributed by atoms with Crippen LogP contribution in [-0.4, -0.2) is 48.1 Å². The number of aromatic nitrogens is 2. The number of carbonyl (C=O) groups is 1. The molecular weight excluding hydrogens is 583 g/mol. The largest absolute Gasteiger partial charge is 0.492 e. The van der Waals surface area contributed by atoms with Crippen molar-refractivity contribution >= 4 is 49.9 Å². The number of nitrogens with one attached hydrogen (secondary N) is 1. The number of ether oxygens (including phenoxy) is 1. The highest BCUT2D eigenvalue weighted by atomic mass is 127. The number of sulfonamides is 1. The molecule has 1 saturated heterocycles. The Morgan fingerprint density at radius 1 is 1.26 bits per heavy atom. The molecule has 0 spiro atoms. The number of hydrogen-bond acceptors (Lipinski definition) is 6. The highest BCUT2D eigenvalue weighted by molar-refractivity contribution is 14.1. The lowest BCUT2D eigenvalue weighted by Crippen LogP contribution is -2.51. The number of rotatable bonds is 8. The Hall–Kier alpha value is -2.78. The molecule has 0 atom stereocenters. The average molecular weight is 603 g/mol. The Morgan fingerprint density at radius 2 is 2.00 bits per heavy atom. The normalized spacial score (nSPS) is 14.6. The molecule has 2 heterocycles. The van der Waals surface area contributed by atoms with Gasteiger partial charge in [0.25, 0.3) is 5.91 Å². The van der Waals surface area contributed by atoms with E-state index >= 15 is 0 Å². The molecule has 1 fully saturated rings. The molecule has 0 radical (unpaired) electrons. The fourth-order valence-electron chi connectivity index (χ4n) is 3.50. The predicted octanol–water partition coefficient (Wildman–Crippen LogP) is 2.84. The fraction of sp³-hybridized carbons (Fsp3) is 0.238. The molecule has 3 aromatic rings. The van der Waals surface area contributed by atoms with Crippen LogP contribution in [0.1, 0.15) is 10.4 Å². The fourth-order valence-corrected chi connectivity index (χ4v) is 5.53. The highest BCUT2D eigenvalue weighted by Gasteiger charge is 2.38. The summed E-state index contributed by atoms with van der Waals surface area (Å²) in [5, 5.41) is 6.58. The minimum absolute atomic E-state index is 0.0279. The van der Waals surface area contributed by atoms with E-state index in [1.807, 2.05) is 22.6 Å². The summed E-state index contributed by atoms with van der Waals surface area (Å²) < 4.78 is 62.8. The minimum atomic E-state index is -3.66. The molecule has 3 N–H and O–H groups in total. The van der Waals surface area contributed by atoms with Crippen LogP contribution in [0.4, 0.5) is 20.2 Å². The molecule has 1 aromatic heterocycles. The second-order valence-electron chi connectivity index (χ2n) is 7.79. The maximum atomic E-state index is 14.3. The first-order valence-corrected chi connectivity index (χ1v) is 12.5. The summed E-state index contributed by atoms with van der Waals surface area (Å²) in [6, 6.07) is 6.42. The number of aryl methyl sites for hydroxylation is 1. The lowest BCUT2D eigenvalue weighted by Gasteiger charge is -2.37. The molecule has 13 heteroatoms. The summed E-state index contributed by atoms with van der Waals surface area (Å²) in [5.41, 5.74) is 5.36. The number of anilines is 2. The van der Waals surface area contributed by atoms with Crippen molar-refractivity contribution < 1.29 is 26.7 Å². The summed E-state index contributed by atoms with van der Waals surface area (Å²) in [6.45, 7) is 0.412. The van der Waals surface area contributed by atoms with Crippen molar-refractivity contribution in [2.45, 2.75) is 4.90 Å². The first kappa shape index (κ1) is 24.3. The molecule has 34 heavy (non-hydrogen) atoms. The Morgan fingerprint density at radius 3 is 2.62 bits per heavy atom. The van der Waals surface area contributed by atoms with Gasteiger partial charge >= 0.3 is 0 Å². The molecule has 1 amide bonds. The van der Waals surface area contributed by atoms with E-state index in [1.165, 1.54) is 33.5 Å². The van der Waals surface area contributed by atoms with Crippen LogP contribution in [0.25, 0.3) is 0 Å². The van der Waals surface area contributed by atoms with Gasteiger partial charge < -0.3 is 15.8 Å². The predicted molar refractivity (Wildman–Crippen MR) is 128 cm³/mol. The standard InChI is InChI=1S/C21H20F2IN5O4S/c1-28-10-15(7-26-28)34(31,32)29-8-12(9-29)11-33-19-5-13(22)4-18(20(19)21(25)30)27-17-3-2-14(24)6-16(17)23/h2-7,10,12,27H,8-9,11H2,1H3,(H2,25,30). The van der Waals surface area contributed by atoms with Crippen molar-refractivity contribution in [2.24, 2.45) is 18.7 Å². The van der Waals surface area contributed by atoms with Gasteiger partial charge in [-0.15, -0.1) is 0 Å². The Labute approximate surface area is 208 Å². The molecular formula is C21H20F2IN5O4S. The van der Waals surface area contributed by atoms with Gasteiger partial charge in [-0.2, -0.15) is 9.40 Å². The highest BCUT2D eigenvalue weighted by Crippen LogP contribution is 2.33. The number of carbonyl (C=O) groups excluding carboxylic acids is 1. The monoisotopic (exact) mass is 603 g/mol. The molecule has 1 aliphatic rings. The van der Waals surface area contributed by atoms with Gasteiger partial charge in [0, 0.05) is 41.9 Å². The molecule has 2 aromatic carbocycles. The van der Waals surface area contributed by atoms with Crippen molar-refractivity contribution in [3.8, 4) is 5.75 Å². The molecule has 1 aliphatic heterocycles. The second-order valence-corrected chi connectivity index (χ2v) is 11.0. The van der Waals surface area contributed by atoms with Crippen molar-refractivity contribution in [3.63, 3.8) is 0 Å². The topological polar surface area (TPSA) is 120 Å². The third-order valence-electron chi connectivity index (χ3n) is 5.23. The van der Waals surface area contributed by atoms with E-state index in [0.717, 1.165) is 12.1 Å². The third kappa shape index (κ3) is 5.00. The van der Waals surface area contributed by atoms with Crippen molar-refractivity contribution in [3.05, 3.63) is 63.5 Å². The van der Waals surface area contributed by atoms with Crippen molar-refractivity contribution in [2.75, 3.05) is 25.0 Å². The lowest BCUT2D eigenvalue weighted by molar-refractivity contribution is 0.0989. The SMILES string of the molecule is Cn1cc(S(=O)(=O)N2CC(COc3cc(F)cc(Nc4ccc(I)cc4F)c3C(N)=O)C2)cn1. The maximum absolute atomic E-state index is 14.3. The number of benzene rings is 2. The van der Waals surface area contributed by atoms with Crippen LogP contribution in [0.2, 0.25) is 0 Å². The number of halogens is 3. The van der Waals surface area contributed by atoms with Crippen molar-refractivity contribution in [1.82, 2.24) is 14.1 Å². The van der Waals surface area contributed by atoms with Crippen LogP contribution < -0.4 is 15.8 Å². The van der Waals surface area contributed by atoms with Gasteiger partial charge in [0.2, 0.25) is 10.0 Å². The molecule has 9 nitrogen and oxygen atoms in total. The van der Waals surface area contributed by atoms with Gasteiger partial charge in [-0.1, -0.05) is 0 Å². The molecule has 4 rings (SSSR count). The van der Waals surface area contributed by atoms with Crippen LogP contribution in [0, 0.1) is 21.1 Å². The van der Waals surface area contributed by atoms with Gasteiger partial charge in [0.05, 0.1) is 24.2 Å². The van der Waals surface area contributed by atoms with E-state index in [9.17, 15) is 22.0 Å². The van der Waals surface area contributed by atoms with Crippen LogP contribution in [0.3, 0.4) is 0 Å². The quantitative estimate of drug-likeness (QED) is 0.383. The number of amides is 1. The molecule has 0 aliphatic carbocycles. The number of hydrogen-bond donors (Lipinski definition) is 2. The summed E-state index contributed by atoms with van der Waals surface area (Å²) in [6.07, 6.45) is 2.69. The van der Waals surface area contributed by atoms with E-state index in [4.69, 9.17) is 10.5 Å². The Balaban J connectivity index is 1.48. The van der Waals surface area contributed by atoms with Gasteiger partial charge in [-0.05, 0) is 46.9 Å². The van der Waals surface area contributed by atoms with E-state index in [2.05, 4.69) is 10.4 Å². The van der Waals surface area contributed by atoms with Crippen molar-refractivity contribution in [1.29, 1.82) is 0 Å². The average Bonchev–Trinajstić information content (AvgIpc) is 3.15. The Kier molecular flexibility index (Phi) is 6.78. The lowest BCUT2D eigenvalue weighted by atomic mass is 10.1. The van der Waals surface area contributed by atoms with E-state index in [1.54, 1.807) is 13.1 Å². The zero-order chi connectivity index (χ0) is 24.6. The van der Waals surface area contributed by atoms with Gasteiger partial charge in [-0.3, -0.25) is 9.48 Å². The number of nitrogens with two attached hydrogens (primary N) is 1. The zero-order valence-corrected chi connectivity index (χ0v) is 20.8. The molecule has 0 saturated carbocycles. The zero-order valence-electron chi connectivity index (χ0n) is 17.8. The first-order valence-electron chi connectivity index (χ1n) is 10.0. The molecule has 0 unspecified atom stereocenters.